The Labute approximate surface area is 206 Å². The number of allylic oxidation sites excluding steroid dienone is 1. The number of fused-ring (bicyclic) bond motifs is 1. The highest BCUT2D eigenvalue weighted by molar-refractivity contribution is 8.03. The van der Waals surface area contributed by atoms with E-state index in [9.17, 15) is 22.4 Å². The van der Waals surface area contributed by atoms with Gasteiger partial charge in [-0.3, -0.25) is 4.79 Å². The second-order valence-electron chi connectivity index (χ2n) is 7.74. The van der Waals surface area contributed by atoms with Crippen LogP contribution in [-0.2, 0) is 23.1 Å². The van der Waals surface area contributed by atoms with Gasteiger partial charge in [0.05, 0.1) is 17.7 Å². The Balaban J connectivity index is 1.53. The maximum Gasteiger partial charge on any atom is 0.419 e. The molecule has 2 heterocycles. The average molecular weight is 526 g/mol. The summed E-state index contributed by atoms with van der Waals surface area (Å²) >= 11 is 4.47. The molecule has 0 radical (unpaired) electrons. The fourth-order valence-electron chi connectivity index (χ4n) is 3.55. The van der Waals surface area contributed by atoms with E-state index in [4.69, 9.17) is 5.11 Å². The van der Waals surface area contributed by atoms with Crippen LogP contribution < -0.4 is 0 Å². The number of aryl methyl sites for hydroxylation is 2. The molecular weight excluding hydrogens is 506 g/mol. The van der Waals surface area contributed by atoms with Crippen LogP contribution in [0.25, 0.3) is 10.6 Å². The third kappa shape index (κ3) is 5.34. The van der Waals surface area contributed by atoms with Crippen LogP contribution in [0.4, 0.5) is 17.6 Å². The predicted molar refractivity (Wildman–Crippen MR) is 128 cm³/mol. The van der Waals surface area contributed by atoms with Crippen LogP contribution in [0.5, 0.6) is 0 Å². The van der Waals surface area contributed by atoms with Gasteiger partial charge in [-0.2, -0.15) is 13.2 Å². The first kappa shape index (κ1) is 24.8. The summed E-state index contributed by atoms with van der Waals surface area (Å²) in [4.78, 5) is 19.5. The molecule has 178 valence electrons. The Kier molecular flexibility index (Phi) is 7.12. The molecule has 1 aliphatic heterocycles. The number of nitrogens with zero attached hydrogens (tertiary/aromatic N) is 1. The number of halogens is 4. The third-order valence-electron chi connectivity index (χ3n) is 5.28. The molecule has 3 aromatic rings. The zero-order valence-electron chi connectivity index (χ0n) is 18.1. The SMILES string of the molecule is Cc1ccc(SCc2sc(-c3ccc(C(F)(F)F)c(F)c3)nc2C)c2c1SC(CC(=O)O)=CC2. The largest absolute Gasteiger partial charge is 0.481 e. The van der Waals surface area contributed by atoms with E-state index in [1.165, 1.54) is 29.2 Å². The van der Waals surface area contributed by atoms with Gasteiger partial charge in [0.25, 0.3) is 0 Å². The first-order valence-electron chi connectivity index (χ1n) is 10.2. The lowest BCUT2D eigenvalue weighted by Gasteiger charge is -2.20. The number of thioether (sulfide) groups is 2. The number of aliphatic carboxylic acids is 1. The highest BCUT2D eigenvalue weighted by Crippen LogP contribution is 2.44. The summed E-state index contributed by atoms with van der Waals surface area (Å²) in [5.41, 5.74) is 2.04. The standard InChI is InChI=1S/C24H19F4NO2S3/c1-12-3-8-19(16-6-5-15(10-21(30)31)33-22(12)16)32-11-20-13(2)29-23(34-20)14-4-7-17(18(25)9-14)24(26,27)28/h3-5,7-9H,6,10-11H2,1-2H3,(H,30,31). The van der Waals surface area contributed by atoms with E-state index >= 15 is 0 Å². The number of rotatable bonds is 6. The molecule has 0 bridgehead atoms. The van der Waals surface area contributed by atoms with Crippen molar-refractivity contribution in [2.75, 3.05) is 0 Å². The quantitative estimate of drug-likeness (QED) is 0.262. The first-order valence-corrected chi connectivity index (χ1v) is 12.8. The molecule has 4 rings (SSSR count). The van der Waals surface area contributed by atoms with Crippen molar-refractivity contribution in [2.24, 2.45) is 0 Å². The van der Waals surface area contributed by atoms with E-state index in [-0.39, 0.29) is 6.42 Å². The molecule has 0 unspecified atom stereocenters. The lowest BCUT2D eigenvalue weighted by atomic mass is 10.1. The molecule has 1 aromatic heterocycles. The number of alkyl halides is 3. The Morgan fingerprint density at radius 3 is 2.65 bits per heavy atom. The smallest absolute Gasteiger partial charge is 0.419 e. The van der Waals surface area contributed by atoms with E-state index < -0.39 is 23.5 Å². The fraction of sp³-hybridized carbons (Fsp3) is 0.250. The Hall–Kier alpha value is -2.30. The van der Waals surface area contributed by atoms with Crippen molar-refractivity contribution in [2.45, 2.75) is 48.4 Å². The van der Waals surface area contributed by atoms with Gasteiger partial charge in [0.2, 0.25) is 0 Å². The van der Waals surface area contributed by atoms with Crippen molar-refractivity contribution in [1.29, 1.82) is 0 Å². The number of hydrogen-bond donors (Lipinski definition) is 1. The molecule has 0 amide bonds. The van der Waals surface area contributed by atoms with Gasteiger partial charge in [0.15, 0.2) is 0 Å². The first-order chi connectivity index (χ1) is 16.0. The summed E-state index contributed by atoms with van der Waals surface area (Å²) in [7, 11) is 0. The van der Waals surface area contributed by atoms with Crippen molar-refractivity contribution in [3.05, 3.63) is 74.4 Å². The molecule has 10 heteroatoms. The molecule has 0 saturated carbocycles. The number of carboxylic acids is 1. The van der Waals surface area contributed by atoms with Gasteiger partial charge < -0.3 is 5.11 Å². The Morgan fingerprint density at radius 1 is 1.21 bits per heavy atom. The fourth-order valence-corrected chi connectivity index (χ4v) is 7.07. The van der Waals surface area contributed by atoms with E-state index in [1.54, 1.807) is 11.8 Å². The van der Waals surface area contributed by atoms with Crippen molar-refractivity contribution >= 4 is 40.8 Å². The van der Waals surface area contributed by atoms with Crippen LogP contribution >= 0.6 is 34.9 Å². The van der Waals surface area contributed by atoms with Crippen LogP contribution in [0.3, 0.4) is 0 Å². The molecule has 0 spiro atoms. The summed E-state index contributed by atoms with van der Waals surface area (Å²) in [6, 6.07) is 6.95. The van der Waals surface area contributed by atoms with Gasteiger partial charge in [-0.15, -0.1) is 23.1 Å². The van der Waals surface area contributed by atoms with E-state index in [0.29, 0.717) is 22.7 Å². The molecule has 34 heavy (non-hydrogen) atoms. The molecule has 0 atom stereocenters. The predicted octanol–water partition coefficient (Wildman–Crippen LogP) is 7.88. The minimum absolute atomic E-state index is 0.00823. The van der Waals surface area contributed by atoms with Gasteiger partial charge in [-0.25, -0.2) is 9.37 Å². The number of carboxylic acid groups (broad SMARTS) is 1. The lowest BCUT2D eigenvalue weighted by molar-refractivity contribution is -0.140. The zero-order chi connectivity index (χ0) is 24.6. The molecule has 0 saturated heterocycles. The number of hydrogen-bond acceptors (Lipinski definition) is 5. The van der Waals surface area contributed by atoms with Gasteiger partial charge >= 0.3 is 12.1 Å². The van der Waals surface area contributed by atoms with Crippen molar-refractivity contribution < 1.29 is 27.5 Å². The number of thiazole rings is 1. The second kappa shape index (κ2) is 9.75. The van der Waals surface area contributed by atoms with E-state index in [1.807, 2.05) is 26.0 Å². The van der Waals surface area contributed by atoms with Crippen LogP contribution in [0.2, 0.25) is 0 Å². The molecule has 2 aromatic carbocycles. The zero-order valence-corrected chi connectivity index (χ0v) is 20.6. The minimum atomic E-state index is -4.74. The summed E-state index contributed by atoms with van der Waals surface area (Å²) in [6.45, 7) is 3.84. The minimum Gasteiger partial charge on any atom is -0.481 e. The van der Waals surface area contributed by atoms with Crippen LogP contribution in [-0.4, -0.2) is 16.1 Å². The number of carbonyl (C=O) groups is 1. The lowest BCUT2D eigenvalue weighted by Crippen LogP contribution is -2.07. The van der Waals surface area contributed by atoms with Crippen molar-refractivity contribution in [1.82, 2.24) is 4.98 Å². The van der Waals surface area contributed by atoms with E-state index in [2.05, 4.69) is 11.1 Å². The maximum absolute atomic E-state index is 14.0. The number of aromatic nitrogens is 1. The molecule has 0 aliphatic carbocycles. The van der Waals surface area contributed by atoms with Crippen molar-refractivity contribution in [3.63, 3.8) is 0 Å². The Morgan fingerprint density at radius 2 is 1.97 bits per heavy atom. The summed E-state index contributed by atoms with van der Waals surface area (Å²) in [5.74, 6) is -1.55. The highest BCUT2D eigenvalue weighted by Gasteiger charge is 2.34. The topological polar surface area (TPSA) is 50.2 Å². The van der Waals surface area contributed by atoms with Crippen LogP contribution in [0, 0.1) is 19.7 Å². The molecule has 3 nitrogen and oxygen atoms in total. The van der Waals surface area contributed by atoms with Gasteiger partial charge in [0.1, 0.15) is 10.8 Å². The van der Waals surface area contributed by atoms with Crippen LogP contribution in [0.15, 0.2) is 51.1 Å². The highest BCUT2D eigenvalue weighted by atomic mass is 32.2. The second-order valence-corrected chi connectivity index (χ2v) is 11.0. The van der Waals surface area contributed by atoms with Gasteiger partial charge in [0, 0.05) is 26.0 Å². The van der Waals surface area contributed by atoms with Crippen LogP contribution in [0.1, 0.15) is 33.7 Å². The maximum atomic E-state index is 14.0. The monoisotopic (exact) mass is 525 g/mol. The summed E-state index contributed by atoms with van der Waals surface area (Å²) < 4.78 is 52.6. The Bertz CT molecular complexity index is 1300. The normalized spacial score (nSPS) is 13.5. The molecule has 0 fully saturated rings. The third-order valence-corrected chi connectivity index (χ3v) is 9.14. The van der Waals surface area contributed by atoms with Crippen molar-refractivity contribution in [3.8, 4) is 10.6 Å². The summed E-state index contributed by atoms with van der Waals surface area (Å²) in [5, 5.41) is 9.56. The number of benzene rings is 2. The van der Waals surface area contributed by atoms with Gasteiger partial charge in [-0.1, -0.05) is 30.0 Å². The summed E-state index contributed by atoms with van der Waals surface area (Å²) in [6.07, 6.45) is -2.11. The molecular formula is C24H19F4NO2S3. The van der Waals surface area contributed by atoms with E-state index in [0.717, 1.165) is 48.5 Å². The van der Waals surface area contributed by atoms with Gasteiger partial charge in [-0.05, 0) is 54.5 Å². The molecule has 1 aliphatic rings. The molecule has 1 N–H and O–H groups in total. The average Bonchev–Trinajstić information content (AvgIpc) is 3.13.